The van der Waals surface area contributed by atoms with Crippen LogP contribution < -0.4 is 5.32 Å². The van der Waals surface area contributed by atoms with E-state index in [2.05, 4.69) is 10.4 Å². The van der Waals surface area contributed by atoms with Crippen LogP contribution in [0.1, 0.15) is 37.7 Å². The Labute approximate surface area is 164 Å². The van der Waals surface area contributed by atoms with Crippen LogP contribution >= 0.6 is 0 Å². The van der Waals surface area contributed by atoms with Gasteiger partial charge in [-0.25, -0.2) is 0 Å². The Balaban J connectivity index is 1.55. The number of likely N-dealkylation sites (tertiary alicyclic amines) is 1. The second-order valence-electron chi connectivity index (χ2n) is 7.20. The maximum atomic E-state index is 12.4. The number of nitro benzene ring substituents is 1. The molecular formula is C20H27N5O3. The fraction of sp³-hybridized carbons (Fsp3) is 0.500. The Morgan fingerprint density at radius 3 is 2.50 bits per heavy atom. The summed E-state index contributed by atoms with van der Waals surface area (Å²) >= 11 is 0. The van der Waals surface area contributed by atoms with E-state index in [1.807, 2.05) is 18.1 Å². The number of hydrogen-bond acceptors (Lipinski definition) is 5. The SMILES string of the molecule is Cn1cc(CNCCC(=O)N2CCCCCC2)c(-c2ccc([N+](=O)[O-])cc2)n1. The van der Waals surface area contributed by atoms with E-state index in [-0.39, 0.29) is 11.6 Å². The Morgan fingerprint density at radius 2 is 1.86 bits per heavy atom. The third kappa shape index (κ3) is 5.16. The van der Waals surface area contributed by atoms with E-state index in [1.165, 1.54) is 25.0 Å². The quantitative estimate of drug-likeness (QED) is 0.449. The minimum absolute atomic E-state index is 0.0615. The first-order chi connectivity index (χ1) is 13.5. The second-order valence-corrected chi connectivity index (χ2v) is 7.20. The molecule has 1 aromatic carbocycles. The third-order valence-corrected chi connectivity index (χ3v) is 5.05. The summed E-state index contributed by atoms with van der Waals surface area (Å²) in [6, 6.07) is 6.40. The van der Waals surface area contributed by atoms with Crippen molar-refractivity contribution in [2.75, 3.05) is 19.6 Å². The molecule has 1 N–H and O–H groups in total. The first-order valence-corrected chi connectivity index (χ1v) is 9.80. The maximum absolute atomic E-state index is 12.4. The van der Waals surface area contributed by atoms with Crippen LogP contribution in [0.4, 0.5) is 5.69 Å². The van der Waals surface area contributed by atoms with Crippen molar-refractivity contribution in [3.63, 3.8) is 0 Å². The van der Waals surface area contributed by atoms with Gasteiger partial charge < -0.3 is 10.2 Å². The van der Waals surface area contributed by atoms with Gasteiger partial charge in [-0.3, -0.25) is 19.6 Å². The second kappa shape index (κ2) is 9.45. The summed E-state index contributed by atoms with van der Waals surface area (Å²) in [5.74, 6) is 0.219. The molecular weight excluding hydrogens is 358 g/mol. The molecule has 28 heavy (non-hydrogen) atoms. The molecule has 1 aromatic heterocycles. The molecule has 0 unspecified atom stereocenters. The predicted octanol–water partition coefficient (Wildman–Crippen LogP) is 2.88. The van der Waals surface area contributed by atoms with E-state index in [1.54, 1.807) is 16.8 Å². The van der Waals surface area contributed by atoms with Gasteiger partial charge in [0.1, 0.15) is 0 Å². The molecule has 0 bridgehead atoms. The highest BCUT2D eigenvalue weighted by atomic mass is 16.6. The van der Waals surface area contributed by atoms with Crippen LogP contribution in [0.2, 0.25) is 0 Å². The molecule has 150 valence electrons. The molecule has 1 aliphatic heterocycles. The zero-order valence-corrected chi connectivity index (χ0v) is 16.3. The van der Waals surface area contributed by atoms with Crippen LogP contribution in [-0.4, -0.2) is 45.1 Å². The van der Waals surface area contributed by atoms with Gasteiger partial charge in [-0.15, -0.1) is 0 Å². The fourth-order valence-electron chi connectivity index (χ4n) is 3.55. The Bertz CT molecular complexity index is 808. The first-order valence-electron chi connectivity index (χ1n) is 9.80. The highest BCUT2D eigenvalue weighted by Crippen LogP contribution is 2.24. The van der Waals surface area contributed by atoms with Gasteiger partial charge in [-0.05, 0) is 25.0 Å². The lowest BCUT2D eigenvalue weighted by Gasteiger charge is -2.20. The maximum Gasteiger partial charge on any atom is 0.269 e. The number of aromatic nitrogens is 2. The van der Waals surface area contributed by atoms with Crippen molar-refractivity contribution in [3.05, 3.63) is 46.1 Å². The molecule has 2 aromatic rings. The lowest BCUT2D eigenvalue weighted by molar-refractivity contribution is -0.384. The Hall–Kier alpha value is -2.74. The first kappa shape index (κ1) is 20.0. The summed E-state index contributed by atoms with van der Waals surface area (Å²) in [4.78, 5) is 24.8. The van der Waals surface area contributed by atoms with Crippen molar-refractivity contribution in [1.29, 1.82) is 0 Å². The molecule has 2 heterocycles. The third-order valence-electron chi connectivity index (χ3n) is 5.05. The number of aryl methyl sites for hydroxylation is 1. The van der Waals surface area contributed by atoms with Crippen LogP contribution in [-0.2, 0) is 18.4 Å². The van der Waals surface area contributed by atoms with E-state index >= 15 is 0 Å². The molecule has 1 saturated heterocycles. The van der Waals surface area contributed by atoms with E-state index < -0.39 is 4.92 Å². The predicted molar refractivity (Wildman–Crippen MR) is 107 cm³/mol. The summed E-state index contributed by atoms with van der Waals surface area (Å²) in [5.41, 5.74) is 2.69. The molecule has 0 spiro atoms. The van der Waals surface area contributed by atoms with Gasteiger partial charge in [-0.2, -0.15) is 5.10 Å². The van der Waals surface area contributed by atoms with E-state index in [0.717, 1.165) is 42.8 Å². The molecule has 3 rings (SSSR count). The monoisotopic (exact) mass is 385 g/mol. The van der Waals surface area contributed by atoms with Crippen molar-refractivity contribution in [2.45, 2.75) is 38.6 Å². The molecule has 0 saturated carbocycles. The van der Waals surface area contributed by atoms with Gasteiger partial charge in [0.2, 0.25) is 5.91 Å². The summed E-state index contributed by atoms with van der Waals surface area (Å²) in [5, 5.41) is 18.6. The summed E-state index contributed by atoms with van der Waals surface area (Å²) in [6.07, 6.45) is 7.07. The summed E-state index contributed by atoms with van der Waals surface area (Å²) < 4.78 is 1.73. The molecule has 8 heteroatoms. The smallest absolute Gasteiger partial charge is 0.269 e. The number of carbonyl (C=O) groups is 1. The van der Waals surface area contributed by atoms with Crippen LogP contribution in [0, 0.1) is 10.1 Å². The zero-order valence-electron chi connectivity index (χ0n) is 16.3. The number of rotatable bonds is 7. The summed E-state index contributed by atoms with van der Waals surface area (Å²) in [6.45, 7) is 2.97. The van der Waals surface area contributed by atoms with Crippen molar-refractivity contribution in [1.82, 2.24) is 20.0 Å². The van der Waals surface area contributed by atoms with Gasteiger partial charge in [-0.1, -0.05) is 12.8 Å². The number of hydrogen-bond donors (Lipinski definition) is 1. The van der Waals surface area contributed by atoms with Crippen LogP contribution in [0.3, 0.4) is 0 Å². The largest absolute Gasteiger partial charge is 0.343 e. The standard InChI is InChI=1S/C20H27N5O3/c1-23-15-17(20(22-23)16-6-8-18(9-7-16)25(27)28)14-21-11-10-19(26)24-12-4-2-3-5-13-24/h6-9,15,21H,2-5,10-14H2,1H3. The number of carbonyl (C=O) groups excluding carboxylic acids is 1. The van der Waals surface area contributed by atoms with Gasteiger partial charge >= 0.3 is 0 Å². The van der Waals surface area contributed by atoms with Crippen molar-refractivity contribution < 1.29 is 9.72 Å². The van der Waals surface area contributed by atoms with Crippen LogP contribution in [0.25, 0.3) is 11.3 Å². The van der Waals surface area contributed by atoms with Crippen molar-refractivity contribution >= 4 is 11.6 Å². The number of nitro groups is 1. The minimum Gasteiger partial charge on any atom is -0.343 e. The van der Waals surface area contributed by atoms with Gasteiger partial charge in [0.05, 0.1) is 10.6 Å². The van der Waals surface area contributed by atoms with Gasteiger partial charge in [0.25, 0.3) is 5.69 Å². The van der Waals surface area contributed by atoms with E-state index in [9.17, 15) is 14.9 Å². The van der Waals surface area contributed by atoms with Gasteiger partial charge in [0.15, 0.2) is 0 Å². The average Bonchev–Trinajstić information content (AvgIpc) is 2.88. The number of non-ortho nitro benzene ring substituents is 1. The molecule has 0 radical (unpaired) electrons. The zero-order chi connectivity index (χ0) is 19.9. The van der Waals surface area contributed by atoms with E-state index in [0.29, 0.717) is 19.5 Å². The lowest BCUT2D eigenvalue weighted by Crippen LogP contribution is -2.33. The molecule has 0 aliphatic carbocycles. The topological polar surface area (TPSA) is 93.3 Å². The molecule has 8 nitrogen and oxygen atoms in total. The molecule has 0 atom stereocenters. The fourth-order valence-corrected chi connectivity index (χ4v) is 3.55. The minimum atomic E-state index is -0.411. The highest BCUT2D eigenvalue weighted by Gasteiger charge is 2.15. The van der Waals surface area contributed by atoms with Crippen molar-refractivity contribution in [3.8, 4) is 11.3 Å². The van der Waals surface area contributed by atoms with Crippen molar-refractivity contribution in [2.24, 2.45) is 7.05 Å². The van der Waals surface area contributed by atoms with Crippen LogP contribution in [0.15, 0.2) is 30.5 Å². The average molecular weight is 385 g/mol. The lowest BCUT2D eigenvalue weighted by atomic mass is 10.1. The Morgan fingerprint density at radius 1 is 1.18 bits per heavy atom. The normalized spacial score (nSPS) is 14.7. The number of benzene rings is 1. The van der Waals surface area contributed by atoms with Crippen LogP contribution in [0.5, 0.6) is 0 Å². The molecule has 1 fully saturated rings. The molecule has 1 aliphatic rings. The number of nitrogens with zero attached hydrogens (tertiary/aromatic N) is 4. The highest BCUT2D eigenvalue weighted by molar-refractivity contribution is 5.76. The number of amides is 1. The number of nitrogens with one attached hydrogen (secondary N) is 1. The van der Waals surface area contributed by atoms with Gasteiger partial charge in [0, 0.05) is 69.1 Å². The van der Waals surface area contributed by atoms with E-state index in [4.69, 9.17) is 0 Å². The Kier molecular flexibility index (Phi) is 6.76. The summed E-state index contributed by atoms with van der Waals surface area (Å²) in [7, 11) is 1.85. The molecule has 1 amide bonds.